The van der Waals surface area contributed by atoms with Gasteiger partial charge in [-0.2, -0.15) is 0 Å². The molecule has 0 amide bonds. The van der Waals surface area contributed by atoms with Crippen molar-refractivity contribution < 1.29 is 21.6 Å². The fourth-order valence-corrected chi connectivity index (χ4v) is 4.65. The van der Waals surface area contributed by atoms with Crippen LogP contribution in [-0.4, -0.2) is 34.2 Å². The first-order valence-electron chi connectivity index (χ1n) is 8.86. The molecule has 0 atom stereocenters. The van der Waals surface area contributed by atoms with E-state index in [4.69, 9.17) is 9.88 Å². The zero-order valence-electron chi connectivity index (χ0n) is 15.5. The number of rotatable bonds is 7. The molecule has 0 radical (unpaired) electrons. The van der Waals surface area contributed by atoms with Gasteiger partial charge in [-0.05, 0) is 49.9 Å². The first-order valence-corrected chi connectivity index (χ1v) is 12.3. The summed E-state index contributed by atoms with van der Waals surface area (Å²) >= 11 is 0. The van der Waals surface area contributed by atoms with Gasteiger partial charge in [0.1, 0.15) is 6.10 Å². The molecule has 1 heterocycles. The standard InChI is InChI=1S/C18H23N3O5S2/c1-27(22,23)17-11-15(28(19,24)25)8-9-16(17)21-12-13-5-4-10-20-18(13)26-14-6-2-3-7-14/h4-5,8-11,14,21H,2-3,6-7,12H2,1H3,(H2,19,24,25). The van der Waals surface area contributed by atoms with Crippen LogP contribution >= 0.6 is 0 Å². The van der Waals surface area contributed by atoms with E-state index in [-0.39, 0.29) is 28.1 Å². The molecular formula is C18H23N3O5S2. The monoisotopic (exact) mass is 425 g/mol. The molecule has 0 unspecified atom stereocenters. The second-order valence-corrected chi connectivity index (χ2v) is 10.4. The van der Waals surface area contributed by atoms with Crippen LogP contribution in [0, 0.1) is 0 Å². The van der Waals surface area contributed by atoms with E-state index in [1.165, 1.54) is 12.1 Å². The summed E-state index contributed by atoms with van der Waals surface area (Å²) < 4.78 is 53.3. The predicted molar refractivity (Wildman–Crippen MR) is 105 cm³/mol. The topological polar surface area (TPSA) is 128 Å². The number of benzene rings is 1. The van der Waals surface area contributed by atoms with Gasteiger partial charge in [0.25, 0.3) is 0 Å². The molecule has 28 heavy (non-hydrogen) atoms. The molecule has 0 spiro atoms. The summed E-state index contributed by atoms with van der Waals surface area (Å²) in [5.41, 5.74) is 1.06. The van der Waals surface area contributed by atoms with Crippen molar-refractivity contribution in [3.8, 4) is 5.88 Å². The minimum Gasteiger partial charge on any atom is -0.474 e. The summed E-state index contributed by atoms with van der Waals surface area (Å²) in [6, 6.07) is 7.35. The Morgan fingerprint density at radius 3 is 2.54 bits per heavy atom. The first-order chi connectivity index (χ1) is 13.1. The second kappa shape index (κ2) is 8.06. The predicted octanol–water partition coefficient (Wildman–Crippen LogP) is 2.07. The van der Waals surface area contributed by atoms with Gasteiger partial charge in [0.2, 0.25) is 15.9 Å². The average molecular weight is 426 g/mol. The summed E-state index contributed by atoms with van der Waals surface area (Å²) in [4.78, 5) is 3.90. The molecule has 1 aromatic carbocycles. The molecule has 0 saturated heterocycles. The SMILES string of the molecule is CS(=O)(=O)c1cc(S(N)(=O)=O)ccc1NCc1cccnc1OC1CCCC1. The van der Waals surface area contributed by atoms with Crippen LogP contribution in [0.4, 0.5) is 5.69 Å². The highest BCUT2D eigenvalue weighted by atomic mass is 32.2. The highest BCUT2D eigenvalue weighted by molar-refractivity contribution is 7.91. The number of pyridine rings is 1. The molecule has 8 nitrogen and oxygen atoms in total. The van der Waals surface area contributed by atoms with Crippen LogP contribution < -0.4 is 15.2 Å². The van der Waals surface area contributed by atoms with E-state index in [1.54, 1.807) is 12.3 Å². The van der Waals surface area contributed by atoms with Crippen molar-refractivity contribution in [2.45, 2.75) is 48.1 Å². The van der Waals surface area contributed by atoms with Crippen molar-refractivity contribution in [2.24, 2.45) is 5.14 Å². The lowest BCUT2D eigenvalue weighted by Gasteiger charge is -2.17. The number of nitrogens with two attached hydrogens (primary N) is 1. The van der Waals surface area contributed by atoms with Crippen molar-refractivity contribution in [3.63, 3.8) is 0 Å². The number of anilines is 1. The maximum absolute atomic E-state index is 12.1. The van der Waals surface area contributed by atoms with Gasteiger partial charge in [0.15, 0.2) is 9.84 Å². The third kappa shape index (κ3) is 5.00. The van der Waals surface area contributed by atoms with Gasteiger partial charge in [-0.1, -0.05) is 6.07 Å². The van der Waals surface area contributed by atoms with Crippen LogP contribution in [0.3, 0.4) is 0 Å². The van der Waals surface area contributed by atoms with E-state index < -0.39 is 19.9 Å². The largest absolute Gasteiger partial charge is 0.474 e. The van der Waals surface area contributed by atoms with Gasteiger partial charge in [-0.25, -0.2) is 27.0 Å². The van der Waals surface area contributed by atoms with Gasteiger partial charge in [0.05, 0.1) is 15.5 Å². The molecule has 0 aliphatic heterocycles. The van der Waals surface area contributed by atoms with Gasteiger partial charge >= 0.3 is 0 Å². The summed E-state index contributed by atoms with van der Waals surface area (Å²) in [5.74, 6) is 0.518. The lowest BCUT2D eigenvalue weighted by Crippen LogP contribution is -2.15. The smallest absolute Gasteiger partial charge is 0.238 e. The van der Waals surface area contributed by atoms with Crippen molar-refractivity contribution in [2.75, 3.05) is 11.6 Å². The Balaban J connectivity index is 1.85. The summed E-state index contributed by atoms with van der Waals surface area (Å²) in [6.45, 7) is 0.271. The van der Waals surface area contributed by atoms with Crippen LogP contribution in [0.15, 0.2) is 46.3 Å². The second-order valence-electron chi connectivity index (χ2n) is 6.82. The number of hydrogen-bond donors (Lipinski definition) is 2. The van der Waals surface area contributed by atoms with E-state index in [0.29, 0.717) is 5.88 Å². The van der Waals surface area contributed by atoms with E-state index in [0.717, 1.165) is 43.6 Å². The summed E-state index contributed by atoms with van der Waals surface area (Å²) in [7, 11) is -7.69. The Kier molecular flexibility index (Phi) is 5.92. The number of aromatic nitrogens is 1. The molecule has 2 aromatic rings. The fourth-order valence-electron chi connectivity index (χ4n) is 3.15. The lowest BCUT2D eigenvalue weighted by molar-refractivity contribution is 0.199. The molecule has 1 aromatic heterocycles. The molecule has 152 valence electrons. The summed E-state index contributed by atoms with van der Waals surface area (Å²) in [6.07, 6.45) is 7.08. The third-order valence-electron chi connectivity index (χ3n) is 4.58. The molecule has 1 aliphatic carbocycles. The number of hydrogen-bond acceptors (Lipinski definition) is 7. The summed E-state index contributed by atoms with van der Waals surface area (Å²) in [5, 5.41) is 8.16. The molecule has 0 bridgehead atoms. The number of nitrogens with one attached hydrogen (secondary N) is 1. The highest BCUT2D eigenvalue weighted by Gasteiger charge is 2.20. The minimum atomic E-state index is -4.01. The van der Waals surface area contributed by atoms with Crippen molar-refractivity contribution >= 4 is 25.5 Å². The van der Waals surface area contributed by atoms with Crippen molar-refractivity contribution in [3.05, 3.63) is 42.1 Å². The number of sulfone groups is 1. The van der Waals surface area contributed by atoms with Gasteiger partial charge in [-0.15, -0.1) is 0 Å². The normalized spacial score (nSPS) is 15.5. The number of ether oxygens (including phenoxy) is 1. The molecule has 1 saturated carbocycles. The molecular weight excluding hydrogens is 402 g/mol. The highest BCUT2D eigenvalue weighted by Crippen LogP contribution is 2.28. The van der Waals surface area contributed by atoms with Crippen molar-refractivity contribution in [1.29, 1.82) is 0 Å². The molecule has 1 fully saturated rings. The van der Waals surface area contributed by atoms with E-state index in [9.17, 15) is 16.8 Å². The van der Waals surface area contributed by atoms with Crippen LogP contribution in [0.2, 0.25) is 0 Å². The van der Waals surface area contributed by atoms with Crippen LogP contribution in [0.1, 0.15) is 31.2 Å². The fraction of sp³-hybridized carbons (Fsp3) is 0.389. The lowest BCUT2D eigenvalue weighted by atomic mass is 10.2. The van der Waals surface area contributed by atoms with E-state index in [2.05, 4.69) is 10.3 Å². The average Bonchev–Trinajstić information content (AvgIpc) is 3.12. The Morgan fingerprint density at radius 2 is 1.89 bits per heavy atom. The Bertz CT molecular complexity index is 1060. The van der Waals surface area contributed by atoms with Crippen LogP contribution in [-0.2, 0) is 26.4 Å². The zero-order valence-corrected chi connectivity index (χ0v) is 17.1. The molecule has 10 heteroatoms. The quantitative estimate of drug-likeness (QED) is 0.695. The maximum atomic E-state index is 12.1. The Labute approximate surface area is 165 Å². The molecule has 3 N–H and O–H groups in total. The minimum absolute atomic E-state index is 0.138. The van der Waals surface area contributed by atoms with Crippen LogP contribution in [0.5, 0.6) is 5.88 Å². The molecule has 1 aliphatic rings. The van der Waals surface area contributed by atoms with E-state index in [1.807, 2.05) is 6.07 Å². The Morgan fingerprint density at radius 1 is 1.18 bits per heavy atom. The van der Waals surface area contributed by atoms with E-state index >= 15 is 0 Å². The number of primary sulfonamides is 1. The van der Waals surface area contributed by atoms with Crippen LogP contribution in [0.25, 0.3) is 0 Å². The zero-order chi connectivity index (χ0) is 20.4. The maximum Gasteiger partial charge on any atom is 0.238 e. The van der Waals surface area contributed by atoms with Crippen molar-refractivity contribution in [1.82, 2.24) is 4.98 Å². The third-order valence-corrected chi connectivity index (χ3v) is 6.63. The van der Waals surface area contributed by atoms with Gasteiger partial charge in [0, 0.05) is 24.6 Å². The number of nitrogens with zero attached hydrogens (tertiary/aromatic N) is 1. The Hall–Kier alpha value is -2.17. The number of sulfonamides is 1. The first kappa shape index (κ1) is 20.6. The van der Waals surface area contributed by atoms with Gasteiger partial charge < -0.3 is 10.1 Å². The molecule has 3 rings (SSSR count). The van der Waals surface area contributed by atoms with Gasteiger partial charge in [-0.3, -0.25) is 0 Å².